The van der Waals surface area contributed by atoms with Crippen LogP contribution in [0, 0.1) is 0 Å². The lowest BCUT2D eigenvalue weighted by Crippen LogP contribution is -2.15. The molecule has 0 saturated carbocycles. The second-order valence-corrected chi connectivity index (χ2v) is 3.53. The Morgan fingerprint density at radius 3 is 2.92 bits per heavy atom. The Labute approximate surface area is 74.8 Å². The minimum Gasteiger partial charge on any atom is -0.481 e. The Hall–Kier alpha value is -0.870. The van der Waals surface area contributed by atoms with Gasteiger partial charge in [-0.05, 0) is 11.4 Å². The van der Waals surface area contributed by atoms with Crippen LogP contribution in [0.2, 0.25) is 0 Å². The summed E-state index contributed by atoms with van der Waals surface area (Å²) < 4.78 is 0. The zero-order valence-electron chi connectivity index (χ0n) is 6.56. The number of carbonyl (C=O) groups is 1. The molecule has 0 amide bonds. The van der Waals surface area contributed by atoms with E-state index < -0.39 is 5.97 Å². The minimum absolute atomic E-state index is 0.0255. The van der Waals surface area contributed by atoms with Crippen molar-refractivity contribution in [2.75, 3.05) is 6.54 Å². The van der Waals surface area contributed by atoms with Crippen molar-refractivity contribution < 1.29 is 9.90 Å². The molecule has 1 heterocycles. The summed E-state index contributed by atoms with van der Waals surface area (Å²) >= 11 is 1.55. The lowest BCUT2D eigenvalue weighted by molar-refractivity contribution is -0.137. The summed E-state index contributed by atoms with van der Waals surface area (Å²) in [5.74, 6) is -0.818. The van der Waals surface area contributed by atoms with Gasteiger partial charge in [-0.2, -0.15) is 0 Å². The lowest BCUT2D eigenvalue weighted by Gasteiger charge is -2.08. The predicted octanol–water partition coefficient (Wildman–Crippen LogP) is 1.27. The zero-order valence-corrected chi connectivity index (χ0v) is 7.38. The molecule has 3 nitrogen and oxygen atoms in total. The lowest BCUT2D eigenvalue weighted by atomic mass is 10.0. The van der Waals surface area contributed by atoms with Crippen LogP contribution in [0.1, 0.15) is 17.2 Å². The standard InChI is InChI=1S/C8H11NO2S/c9-5-6(4-8(10)11)7-2-1-3-12-7/h1-3,6H,4-5,9H2,(H,10,11)/t6-/m1/s1. The molecule has 0 radical (unpaired) electrons. The van der Waals surface area contributed by atoms with Crippen LogP contribution < -0.4 is 5.73 Å². The van der Waals surface area contributed by atoms with Gasteiger partial charge in [0, 0.05) is 17.3 Å². The van der Waals surface area contributed by atoms with Gasteiger partial charge in [0.1, 0.15) is 0 Å². The highest BCUT2D eigenvalue weighted by atomic mass is 32.1. The Balaban J connectivity index is 2.63. The maximum absolute atomic E-state index is 10.4. The summed E-state index contributed by atoms with van der Waals surface area (Å²) in [5, 5.41) is 10.5. The second-order valence-electron chi connectivity index (χ2n) is 2.55. The molecule has 0 saturated heterocycles. The van der Waals surface area contributed by atoms with E-state index in [2.05, 4.69) is 0 Å². The fourth-order valence-electron chi connectivity index (χ4n) is 1.03. The molecule has 0 bridgehead atoms. The average Bonchev–Trinajstić information content (AvgIpc) is 2.51. The molecule has 0 spiro atoms. The first-order valence-corrected chi connectivity index (χ1v) is 4.57. The third-order valence-corrected chi connectivity index (χ3v) is 2.69. The van der Waals surface area contributed by atoms with Gasteiger partial charge in [-0.25, -0.2) is 0 Å². The van der Waals surface area contributed by atoms with Crippen molar-refractivity contribution in [2.45, 2.75) is 12.3 Å². The molecular weight excluding hydrogens is 174 g/mol. The number of hydrogen-bond acceptors (Lipinski definition) is 3. The second kappa shape index (κ2) is 4.23. The van der Waals surface area contributed by atoms with Crippen LogP contribution >= 0.6 is 11.3 Å². The van der Waals surface area contributed by atoms with Crippen molar-refractivity contribution in [3.05, 3.63) is 22.4 Å². The maximum atomic E-state index is 10.4. The van der Waals surface area contributed by atoms with E-state index in [0.29, 0.717) is 6.54 Å². The van der Waals surface area contributed by atoms with Gasteiger partial charge >= 0.3 is 5.97 Å². The minimum atomic E-state index is -0.793. The fraction of sp³-hybridized carbons (Fsp3) is 0.375. The molecule has 0 unspecified atom stereocenters. The van der Waals surface area contributed by atoms with Crippen LogP contribution in [0.5, 0.6) is 0 Å². The molecule has 0 aromatic carbocycles. The van der Waals surface area contributed by atoms with E-state index in [1.54, 1.807) is 11.3 Å². The van der Waals surface area contributed by atoms with E-state index in [1.165, 1.54) is 0 Å². The molecule has 12 heavy (non-hydrogen) atoms. The van der Waals surface area contributed by atoms with Gasteiger partial charge in [-0.15, -0.1) is 11.3 Å². The molecule has 3 N–H and O–H groups in total. The highest BCUT2D eigenvalue weighted by molar-refractivity contribution is 7.10. The van der Waals surface area contributed by atoms with E-state index >= 15 is 0 Å². The van der Waals surface area contributed by atoms with Gasteiger partial charge in [-0.1, -0.05) is 6.07 Å². The quantitative estimate of drug-likeness (QED) is 0.742. The molecule has 1 atom stereocenters. The SMILES string of the molecule is NC[C@@H](CC(=O)O)c1cccs1. The highest BCUT2D eigenvalue weighted by Crippen LogP contribution is 2.22. The molecule has 0 aliphatic carbocycles. The summed E-state index contributed by atoms with van der Waals surface area (Å²) in [4.78, 5) is 11.5. The maximum Gasteiger partial charge on any atom is 0.304 e. The summed E-state index contributed by atoms with van der Waals surface area (Å²) in [6.45, 7) is 0.396. The molecule has 0 aliphatic heterocycles. The van der Waals surface area contributed by atoms with Crippen LogP contribution in [0.3, 0.4) is 0 Å². The Morgan fingerprint density at radius 1 is 1.75 bits per heavy atom. The van der Waals surface area contributed by atoms with Crippen molar-refractivity contribution in [3.8, 4) is 0 Å². The number of rotatable bonds is 4. The van der Waals surface area contributed by atoms with E-state index in [9.17, 15) is 4.79 Å². The van der Waals surface area contributed by atoms with Crippen molar-refractivity contribution >= 4 is 17.3 Å². The molecule has 1 aromatic rings. The number of carboxylic acid groups (broad SMARTS) is 1. The summed E-state index contributed by atoms with van der Waals surface area (Å²) in [6.07, 6.45) is 0.122. The number of carboxylic acids is 1. The number of aliphatic carboxylic acids is 1. The molecule has 1 aromatic heterocycles. The predicted molar refractivity (Wildman–Crippen MR) is 48.4 cm³/mol. The van der Waals surface area contributed by atoms with E-state index in [1.807, 2.05) is 17.5 Å². The Kier molecular flexibility index (Phi) is 3.25. The monoisotopic (exact) mass is 185 g/mol. The summed E-state index contributed by atoms with van der Waals surface area (Å²) in [7, 11) is 0. The fourth-order valence-corrected chi connectivity index (χ4v) is 1.88. The van der Waals surface area contributed by atoms with Crippen LogP contribution in [0.25, 0.3) is 0 Å². The van der Waals surface area contributed by atoms with Gasteiger partial charge < -0.3 is 10.8 Å². The average molecular weight is 185 g/mol. The molecule has 4 heteroatoms. The Bertz CT molecular complexity index is 246. The van der Waals surface area contributed by atoms with Gasteiger partial charge in [0.15, 0.2) is 0 Å². The van der Waals surface area contributed by atoms with Crippen LogP contribution in [-0.2, 0) is 4.79 Å². The molecule has 1 rings (SSSR count). The van der Waals surface area contributed by atoms with Crippen molar-refractivity contribution in [3.63, 3.8) is 0 Å². The van der Waals surface area contributed by atoms with Crippen LogP contribution in [0.15, 0.2) is 17.5 Å². The van der Waals surface area contributed by atoms with Crippen molar-refractivity contribution in [2.24, 2.45) is 5.73 Å². The first-order chi connectivity index (χ1) is 5.74. The topological polar surface area (TPSA) is 63.3 Å². The third kappa shape index (κ3) is 2.32. The third-order valence-electron chi connectivity index (χ3n) is 1.65. The van der Waals surface area contributed by atoms with E-state index in [0.717, 1.165) is 4.88 Å². The number of hydrogen-bond donors (Lipinski definition) is 2. The smallest absolute Gasteiger partial charge is 0.304 e. The molecular formula is C8H11NO2S. The summed E-state index contributed by atoms with van der Waals surface area (Å²) in [6, 6.07) is 3.83. The highest BCUT2D eigenvalue weighted by Gasteiger charge is 2.14. The summed E-state index contributed by atoms with van der Waals surface area (Å²) in [5.41, 5.74) is 5.46. The van der Waals surface area contributed by atoms with Gasteiger partial charge in [0.2, 0.25) is 0 Å². The molecule has 66 valence electrons. The number of thiophene rings is 1. The van der Waals surface area contributed by atoms with Gasteiger partial charge in [0.25, 0.3) is 0 Å². The van der Waals surface area contributed by atoms with Crippen molar-refractivity contribution in [1.29, 1.82) is 0 Å². The normalized spacial score (nSPS) is 12.8. The van der Waals surface area contributed by atoms with Gasteiger partial charge in [-0.3, -0.25) is 4.79 Å². The molecule has 0 fully saturated rings. The van der Waals surface area contributed by atoms with Gasteiger partial charge in [0.05, 0.1) is 6.42 Å². The first kappa shape index (κ1) is 9.22. The van der Waals surface area contributed by atoms with E-state index in [4.69, 9.17) is 10.8 Å². The van der Waals surface area contributed by atoms with Crippen LogP contribution in [0.4, 0.5) is 0 Å². The van der Waals surface area contributed by atoms with Crippen LogP contribution in [-0.4, -0.2) is 17.6 Å². The first-order valence-electron chi connectivity index (χ1n) is 3.69. The Morgan fingerprint density at radius 2 is 2.50 bits per heavy atom. The largest absolute Gasteiger partial charge is 0.481 e. The van der Waals surface area contributed by atoms with E-state index in [-0.39, 0.29) is 12.3 Å². The molecule has 0 aliphatic rings. The zero-order chi connectivity index (χ0) is 8.97. The number of nitrogens with two attached hydrogens (primary N) is 1. The van der Waals surface area contributed by atoms with Crippen molar-refractivity contribution in [1.82, 2.24) is 0 Å².